The van der Waals surface area contributed by atoms with Crippen LogP contribution in [0.1, 0.15) is 55.3 Å². The number of amides is 1. The zero-order chi connectivity index (χ0) is 17.0. The first-order chi connectivity index (χ1) is 11.6. The highest BCUT2D eigenvalue weighted by Crippen LogP contribution is 2.36. The van der Waals surface area contributed by atoms with Crippen molar-refractivity contribution < 1.29 is 19.4 Å². The van der Waals surface area contributed by atoms with Gasteiger partial charge < -0.3 is 15.2 Å². The first kappa shape index (κ1) is 16.8. The van der Waals surface area contributed by atoms with Crippen LogP contribution < -0.4 is 10.1 Å². The first-order valence-corrected chi connectivity index (χ1v) is 8.83. The fourth-order valence-electron chi connectivity index (χ4n) is 3.25. The second-order valence-corrected chi connectivity index (χ2v) is 7.11. The number of hydrogen-bond donors (Lipinski definition) is 2. The van der Waals surface area contributed by atoms with Gasteiger partial charge in [-0.25, -0.2) is 0 Å². The van der Waals surface area contributed by atoms with Crippen LogP contribution >= 0.6 is 0 Å². The molecule has 2 aliphatic rings. The maximum atomic E-state index is 12.3. The minimum Gasteiger partial charge on any atom is -0.493 e. The van der Waals surface area contributed by atoms with Crippen molar-refractivity contribution in [3.8, 4) is 5.75 Å². The Labute approximate surface area is 142 Å². The number of carboxylic acids is 1. The largest absolute Gasteiger partial charge is 0.493 e. The topological polar surface area (TPSA) is 75.6 Å². The molecular weight excluding hydrogens is 306 g/mol. The maximum Gasteiger partial charge on any atom is 0.311 e. The van der Waals surface area contributed by atoms with E-state index < -0.39 is 11.4 Å². The lowest BCUT2D eigenvalue weighted by Crippen LogP contribution is -2.44. The van der Waals surface area contributed by atoms with E-state index in [4.69, 9.17) is 4.74 Å². The number of nitrogens with one attached hydrogen (secondary N) is 1. The molecule has 0 aliphatic heterocycles. The van der Waals surface area contributed by atoms with E-state index in [2.05, 4.69) is 5.32 Å². The third kappa shape index (κ3) is 4.08. The Balaban J connectivity index is 1.54. The van der Waals surface area contributed by atoms with Crippen LogP contribution in [0.4, 0.5) is 0 Å². The molecule has 130 valence electrons. The lowest BCUT2D eigenvalue weighted by atomic mass is 9.74. The summed E-state index contributed by atoms with van der Waals surface area (Å²) >= 11 is 0. The lowest BCUT2D eigenvalue weighted by Gasteiger charge is -2.33. The predicted molar refractivity (Wildman–Crippen MR) is 90.1 cm³/mol. The third-order valence-electron chi connectivity index (χ3n) is 5.15. The van der Waals surface area contributed by atoms with E-state index in [9.17, 15) is 14.7 Å². The Morgan fingerprint density at radius 3 is 2.38 bits per heavy atom. The molecule has 0 atom stereocenters. The molecule has 1 aromatic rings. The van der Waals surface area contributed by atoms with E-state index in [-0.39, 0.29) is 12.5 Å². The van der Waals surface area contributed by atoms with Crippen molar-refractivity contribution in [3.63, 3.8) is 0 Å². The van der Waals surface area contributed by atoms with Crippen LogP contribution in [0, 0.1) is 11.3 Å². The van der Waals surface area contributed by atoms with Crippen LogP contribution in [0.3, 0.4) is 0 Å². The second-order valence-electron chi connectivity index (χ2n) is 7.11. The van der Waals surface area contributed by atoms with E-state index in [0.29, 0.717) is 24.3 Å². The van der Waals surface area contributed by atoms with Crippen molar-refractivity contribution in [2.45, 2.75) is 44.9 Å². The standard InChI is InChI=1S/C19H25NO4/c21-17(20-13-19(18(22)23)10-2-1-3-11-19)15-6-8-16(9-7-15)24-12-14-4-5-14/h6-9,14H,1-5,10-13H2,(H,20,21)(H,22,23). The van der Waals surface area contributed by atoms with Gasteiger partial charge in [0.05, 0.1) is 12.0 Å². The fraction of sp³-hybridized carbons (Fsp3) is 0.579. The van der Waals surface area contributed by atoms with Crippen LogP contribution in [0.5, 0.6) is 5.75 Å². The Hall–Kier alpha value is -2.04. The van der Waals surface area contributed by atoms with Crippen LogP contribution in [-0.2, 0) is 4.79 Å². The van der Waals surface area contributed by atoms with Crippen molar-refractivity contribution in [1.82, 2.24) is 5.32 Å². The Kier molecular flexibility index (Phi) is 5.07. The monoisotopic (exact) mass is 331 g/mol. The molecule has 3 rings (SSSR count). The van der Waals surface area contributed by atoms with E-state index in [0.717, 1.165) is 31.6 Å². The number of rotatable bonds is 7. The molecule has 0 saturated heterocycles. The average Bonchev–Trinajstić information content (AvgIpc) is 3.43. The van der Waals surface area contributed by atoms with Crippen LogP contribution in [0.2, 0.25) is 0 Å². The normalized spacial score (nSPS) is 19.5. The molecule has 2 saturated carbocycles. The van der Waals surface area contributed by atoms with Crippen molar-refractivity contribution in [2.24, 2.45) is 11.3 Å². The predicted octanol–water partition coefficient (Wildman–Crippen LogP) is 3.24. The molecule has 0 aromatic heterocycles. The molecule has 5 nitrogen and oxygen atoms in total. The highest BCUT2D eigenvalue weighted by molar-refractivity contribution is 5.94. The van der Waals surface area contributed by atoms with E-state index in [1.807, 2.05) is 0 Å². The van der Waals surface area contributed by atoms with Crippen molar-refractivity contribution in [1.29, 1.82) is 0 Å². The molecule has 0 spiro atoms. The number of carbonyl (C=O) groups excluding carboxylic acids is 1. The number of hydrogen-bond acceptors (Lipinski definition) is 3. The number of aliphatic carboxylic acids is 1. The van der Waals surface area contributed by atoms with Crippen LogP contribution in [-0.4, -0.2) is 30.1 Å². The van der Waals surface area contributed by atoms with Gasteiger partial charge in [0.25, 0.3) is 5.91 Å². The average molecular weight is 331 g/mol. The minimum absolute atomic E-state index is 0.196. The maximum absolute atomic E-state index is 12.3. The molecule has 5 heteroatoms. The molecule has 2 aliphatic carbocycles. The number of carbonyl (C=O) groups is 2. The van der Waals surface area contributed by atoms with Crippen molar-refractivity contribution in [2.75, 3.05) is 13.2 Å². The number of carboxylic acid groups (broad SMARTS) is 1. The summed E-state index contributed by atoms with van der Waals surface area (Å²) in [5.74, 6) is 0.435. The van der Waals surface area contributed by atoms with Gasteiger partial charge in [-0.3, -0.25) is 9.59 Å². The molecule has 2 N–H and O–H groups in total. The summed E-state index contributed by atoms with van der Waals surface area (Å²) in [6.45, 7) is 0.938. The summed E-state index contributed by atoms with van der Waals surface area (Å²) in [5.41, 5.74) is -0.272. The summed E-state index contributed by atoms with van der Waals surface area (Å²) < 4.78 is 5.66. The van der Waals surface area contributed by atoms with E-state index in [1.54, 1.807) is 24.3 Å². The van der Waals surface area contributed by atoms with Gasteiger partial charge in [-0.2, -0.15) is 0 Å². The molecule has 0 bridgehead atoms. The second kappa shape index (κ2) is 7.24. The Bertz CT molecular complexity index is 586. The molecule has 0 heterocycles. The SMILES string of the molecule is O=C(NCC1(C(=O)O)CCCCC1)c1ccc(OCC2CC2)cc1. The zero-order valence-corrected chi connectivity index (χ0v) is 13.9. The molecule has 1 amide bonds. The third-order valence-corrected chi connectivity index (χ3v) is 5.15. The van der Waals surface area contributed by atoms with Gasteiger partial charge in [0.2, 0.25) is 0 Å². The fourth-order valence-corrected chi connectivity index (χ4v) is 3.25. The van der Waals surface area contributed by atoms with Crippen molar-refractivity contribution >= 4 is 11.9 Å². The van der Waals surface area contributed by atoms with Gasteiger partial charge in [0, 0.05) is 12.1 Å². The summed E-state index contributed by atoms with van der Waals surface area (Å²) in [7, 11) is 0. The smallest absolute Gasteiger partial charge is 0.311 e. The number of benzene rings is 1. The summed E-state index contributed by atoms with van der Waals surface area (Å²) in [6, 6.07) is 7.05. The summed E-state index contributed by atoms with van der Waals surface area (Å²) in [6.07, 6.45) is 6.65. The van der Waals surface area contributed by atoms with E-state index >= 15 is 0 Å². The summed E-state index contributed by atoms with van der Waals surface area (Å²) in [5, 5.41) is 12.4. The van der Waals surface area contributed by atoms with Crippen molar-refractivity contribution in [3.05, 3.63) is 29.8 Å². The first-order valence-electron chi connectivity index (χ1n) is 8.83. The van der Waals surface area contributed by atoms with Gasteiger partial charge >= 0.3 is 5.97 Å². The van der Waals surface area contributed by atoms with Gasteiger partial charge in [-0.15, -0.1) is 0 Å². The Morgan fingerprint density at radius 2 is 1.79 bits per heavy atom. The zero-order valence-electron chi connectivity index (χ0n) is 13.9. The molecule has 0 radical (unpaired) electrons. The highest BCUT2D eigenvalue weighted by atomic mass is 16.5. The van der Waals surface area contributed by atoms with Gasteiger partial charge in [0.1, 0.15) is 5.75 Å². The molecule has 1 aromatic carbocycles. The van der Waals surface area contributed by atoms with Gasteiger partial charge in [-0.1, -0.05) is 19.3 Å². The highest BCUT2D eigenvalue weighted by Gasteiger charge is 2.39. The van der Waals surface area contributed by atoms with Gasteiger partial charge in [-0.05, 0) is 55.9 Å². The number of ether oxygens (including phenoxy) is 1. The molecular formula is C19H25NO4. The molecule has 0 unspecified atom stereocenters. The molecule has 24 heavy (non-hydrogen) atoms. The van der Waals surface area contributed by atoms with Crippen LogP contribution in [0.15, 0.2) is 24.3 Å². The summed E-state index contributed by atoms with van der Waals surface area (Å²) in [4.78, 5) is 23.9. The van der Waals surface area contributed by atoms with Gasteiger partial charge in [0.15, 0.2) is 0 Å². The Morgan fingerprint density at radius 1 is 1.12 bits per heavy atom. The quantitative estimate of drug-likeness (QED) is 0.804. The van der Waals surface area contributed by atoms with Crippen LogP contribution in [0.25, 0.3) is 0 Å². The van der Waals surface area contributed by atoms with E-state index in [1.165, 1.54) is 12.8 Å². The lowest BCUT2D eigenvalue weighted by molar-refractivity contribution is -0.150. The molecule has 2 fully saturated rings. The minimum atomic E-state index is -0.804.